The molecule has 12 heteroatoms. The zero-order valence-electron chi connectivity index (χ0n) is 20.2. The molecule has 0 fully saturated rings. The predicted octanol–water partition coefficient (Wildman–Crippen LogP) is 4.82. The Labute approximate surface area is 224 Å². The Morgan fingerprint density at radius 3 is 2.74 bits per heavy atom. The highest BCUT2D eigenvalue weighted by atomic mass is 35.5. The first kappa shape index (κ1) is 24.8. The molecule has 6 aromatic rings. The number of pyridine rings is 2. The van der Waals surface area contributed by atoms with Gasteiger partial charge in [-0.1, -0.05) is 29.8 Å². The van der Waals surface area contributed by atoms with Crippen molar-refractivity contribution in [3.05, 3.63) is 99.6 Å². The number of H-pyrrole nitrogens is 1. The largest absolute Gasteiger partial charge is 0.463 e. The molecule has 2 N–H and O–H groups in total. The van der Waals surface area contributed by atoms with E-state index in [0.717, 1.165) is 11.6 Å². The number of benzene rings is 2. The smallest absolute Gasteiger partial charge is 0.282 e. The highest BCUT2D eigenvalue weighted by Gasteiger charge is 2.30. The fraction of sp³-hybridized carbons (Fsp3) is 0.0741. The number of aromatic amines is 1. The highest BCUT2D eigenvalue weighted by Crippen LogP contribution is 2.40. The van der Waals surface area contributed by atoms with E-state index >= 15 is 4.39 Å². The zero-order chi connectivity index (χ0) is 27.5. The second-order valence-electron chi connectivity index (χ2n) is 8.97. The van der Waals surface area contributed by atoms with Crippen molar-refractivity contribution in [3.8, 4) is 11.1 Å². The molecule has 0 aliphatic rings. The summed E-state index contributed by atoms with van der Waals surface area (Å²) in [6.07, 6.45) is 3.55. The van der Waals surface area contributed by atoms with Crippen molar-refractivity contribution < 1.29 is 22.0 Å². The number of halogens is 2. The van der Waals surface area contributed by atoms with Crippen molar-refractivity contribution in [2.24, 2.45) is 0 Å². The van der Waals surface area contributed by atoms with E-state index in [-0.39, 0.29) is 50.4 Å². The van der Waals surface area contributed by atoms with Gasteiger partial charge in [0.2, 0.25) is 10.0 Å². The molecule has 196 valence electrons. The number of sulfonamides is 1. The molecule has 39 heavy (non-hydrogen) atoms. The number of furan rings is 1. The average molecular weight is 565 g/mol. The lowest BCUT2D eigenvalue weighted by Gasteiger charge is -2.13. The zero-order valence-corrected chi connectivity index (χ0v) is 21.7. The second kappa shape index (κ2) is 9.07. The van der Waals surface area contributed by atoms with E-state index in [1.54, 1.807) is 18.2 Å². The number of hydrogen-bond acceptors (Lipinski definition) is 6. The number of para-hydroxylation sites is 1. The van der Waals surface area contributed by atoms with Crippen LogP contribution >= 0.6 is 11.6 Å². The van der Waals surface area contributed by atoms with E-state index in [2.05, 4.69) is 9.97 Å². The molecular weight excluding hydrogens is 547 g/mol. The summed E-state index contributed by atoms with van der Waals surface area (Å²) in [4.78, 5) is 33.6. The summed E-state index contributed by atoms with van der Waals surface area (Å²) in [6, 6.07) is 14.8. The van der Waals surface area contributed by atoms with Crippen LogP contribution in [0.4, 0.5) is 4.39 Å². The van der Waals surface area contributed by atoms with Crippen molar-refractivity contribution in [1.29, 1.82) is 0 Å². The summed E-state index contributed by atoms with van der Waals surface area (Å²) in [5.74, 6) is -1.65. The maximum atomic E-state index is 15.3. The Hall–Kier alpha value is -4.48. The molecule has 0 saturated heterocycles. The van der Waals surface area contributed by atoms with Gasteiger partial charge in [-0.15, -0.1) is 0 Å². The lowest BCUT2D eigenvalue weighted by Crippen LogP contribution is -2.32. The first-order valence-electron chi connectivity index (χ1n) is 11.6. The molecule has 9 nitrogen and oxygen atoms in total. The van der Waals surface area contributed by atoms with Crippen LogP contribution in [0.1, 0.15) is 16.1 Å². The van der Waals surface area contributed by atoms with Gasteiger partial charge < -0.3 is 14.0 Å². The molecule has 0 saturated carbocycles. The summed E-state index contributed by atoms with van der Waals surface area (Å²) in [5, 5.41) is 1.31. The quantitative estimate of drug-likeness (QED) is 0.289. The first-order valence-corrected chi connectivity index (χ1v) is 13.9. The lowest BCUT2D eigenvalue weighted by molar-refractivity contribution is 0.0974. The van der Waals surface area contributed by atoms with Crippen molar-refractivity contribution in [3.63, 3.8) is 0 Å². The van der Waals surface area contributed by atoms with E-state index in [1.807, 2.05) is 22.9 Å². The van der Waals surface area contributed by atoms with Crippen LogP contribution in [0.3, 0.4) is 0 Å². The molecule has 0 aliphatic carbocycles. The molecule has 4 heterocycles. The Balaban J connectivity index is 1.75. The summed E-state index contributed by atoms with van der Waals surface area (Å²) in [5.41, 5.74) is 0.825. The van der Waals surface area contributed by atoms with Crippen molar-refractivity contribution >= 4 is 60.3 Å². The molecule has 0 aliphatic heterocycles. The van der Waals surface area contributed by atoms with Crippen LogP contribution in [0.25, 0.3) is 43.9 Å². The van der Waals surface area contributed by atoms with Gasteiger partial charge in [-0.3, -0.25) is 9.59 Å². The number of carbonyl (C=O) groups excluding carboxylic acids is 1. The topological polar surface area (TPSA) is 127 Å². The van der Waals surface area contributed by atoms with E-state index in [0.29, 0.717) is 11.1 Å². The standard InChI is InChI=1S/C27H18ClFN4O5S/c1-39(36,37)32-27(35)23-21(17-6-4-9-30-26(17)34)22-20(12-18(29)16-8-10-38-24(16)22)33(23)13-15-11-14-5-2-3-7-19(14)31-25(15)28/h2-12H,13H2,1H3,(H,30,34)(H,32,35). The minimum Gasteiger partial charge on any atom is -0.463 e. The van der Waals surface area contributed by atoms with Gasteiger partial charge in [0.15, 0.2) is 0 Å². The molecule has 1 amide bonds. The Kier molecular flexibility index (Phi) is 5.77. The molecule has 0 spiro atoms. The number of nitrogens with one attached hydrogen (secondary N) is 2. The molecule has 4 aromatic heterocycles. The van der Waals surface area contributed by atoms with E-state index < -0.39 is 27.3 Å². The average Bonchev–Trinajstić information content (AvgIpc) is 3.48. The van der Waals surface area contributed by atoms with Crippen molar-refractivity contribution in [2.75, 3.05) is 6.26 Å². The highest BCUT2D eigenvalue weighted by molar-refractivity contribution is 7.89. The SMILES string of the molecule is CS(=O)(=O)NC(=O)c1c(-c2ccc[nH]c2=O)c2c3occc3c(F)cc2n1Cc1cc2ccccc2nc1Cl. The minimum absolute atomic E-state index is 0.0620. The van der Waals surface area contributed by atoms with E-state index in [9.17, 15) is 18.0 Å². The molecule has 0 unspecified atom stereocenters. The Bertz CT molecular complexity index is 2130. The maximum Gasteiger partial charge on any atom is 0.282 e. The number of hydrogen-bond donors (Lipinski definition) is 2. The summed E-state index contributed by atoms with van der Waals surface area (Å²) >= 11 is 6.53. The third-order valence-electron chi connectivity index (χ3n) is 6.38. The lowest BCUT2D eigenvalue weighted by atomic mass is 10.0. The third kappa shape index (κ3) is 4.25. The van der Waals surface area contributed by atoms with Gasteiger partial charge >= 0.3 is 0 Å². The fourth-order valence-corrected chi connectivity index (χ4v) is 5.46. The Morgan fingerprint density at radius 2 is 1.97 bits per heavy atom. The molecule has 0 radical (unpaired) electrons. The van der Waals surface area contributed by atoms with Crippen LogP contribution in [0.5, 0.6) is 0 Å². The fourth-order valence-electron chi connectivity index (χ4n) is 4.82. The maximum absolute atomic E-state index is 15.3. The summed E-state index contributed by atoms with van der Waals surface area (Å²) in [6.45, 7) is -0.101. The number of rotatable bonds is 5. The molecule has 0 bridgehead atoms. The Morgan fingerprint density at radius 1 is 1.18 bits per heavy atom. The van der Waals surface area contributed by atoms with E-state index in [4.69, 9.17) is 16.0 Å². The number of aromatic nitrogens is 3. The minimum atomic E-state index is -4.02. The molecule has 0 atom stereocenters. The van der Waals surface area contributed by atoms with Gasteiger partial charge in [0.25, 0.3) is 11.5 Å². The van der Waals surface area contributed by atoms with Crippen LogP contribution in [-0.4, -0.2) is 35.1 Å². The van der Waals surface area contributed by atoms with Crippen molar-refractivity contribution in [1.82, 2.24) is 19.3 Å². The van der Waals surface area contributed by atoms with Gasteiger partial charge in [0.1, 0.15) is 22.2 Å². The van der Waals surface area contributed by atoms with Gasteiger partial charge in [-0.25, -0.2) is 22.5 Å². The van der Waals surface area contributed by atoms with Gasteiger partial charge in [0, 0.05) is 22.7 Å². The van der Waals surface area contributed by atoms with Gasteiger partial charge in [-0.2, -0.15) is 0 Å². The monoisotopic (exact) mass is 564 g/mol. The molecular formula is C27H18ClFN4O5S. The number of carbonyl (C=O) groups is 1. The van der Waals surface area contributed by atoms with Crippen molar-refractivity contribution in [2.45, 2.75) is 6.54 Å². The van der Waals surface area contributed by atoms with Crippen LogP contribution in [0, 0.1) is 5.82 Å². The second-order valence-corrected chi connectivity index (χ2v) is 11.1. The third-order valence-corrected chi connectivity index (χ3v) is 7.26. The van der Waals surface area contributed by atoms with Crippen LogP contribution in [0.15, 0.2) is 76.3 Å². The van der Waals surface area contributed by atoms with Crippen LogP contribution < -0.4 is 10.3 Å². The predicted molar refractivity (Wildman–Crippen MR) is 146 cm³/mol. The van der Waals surface area contributed by atoms with Crippen LogP contribution in [-0.2, 0) is 16.6 Å². The number of amides is 1. The van der Waals surface area contributed by atoms with Gasteiger partial charge in [-0.05, 0) is 36.4 Å². The molecule has 6 rings (SSSR count). The summed E-state index contributed by atoms with van der Waals surface area (Å²) in [7, 11) is -4.02. The molecule has 2 aromatic carbocycles. The number of nitrogens with zero attached hydrogens (tertiary/aromatic N) is 2. The first-order chi connectivity index (χ1) is 18.6. The number of fused-ring (bicyclic) bond motifs is 4. The van der Waals surface area contributed by atoms with Gasteiger partial charge in [0.05, 0.1) is 46.4 Å². The summed E-state index contributed by atoms with van der Waals surface area (Å²) < 4.78 is 48.6. The van der Waals surface area contributed by atoms with E-state index in [1.165, 1.54) is 35.2 Å². The van der Waals surface area contributed by atoms with Crippen LogP contribution in [0.2, 0.25) is 5.15 Å². The normalized spacial score (nSPS) is 12.0.